The van der Waals surface area contributed by atoms with Crippen LogP contribution in [-0.2, 0) is 11.3 Å². The Kier molecular flexibility index (Phi) is 4.64. The van der Waals surface area contributed by atoms with Gasteiger partial charge in [-0.3, -0.25) is 4.79 Å². The number of nitrogen functional groups attached to an aromatic ring is 1. The summed E-state index contributed by atoms with van der Waals surface area (Å²) in [5.74, 6) is 0.648. The summed E-state index contributed by atoms with van der Waals surface area (Å²) in [7, 11) is 0. The van der Waals surface area contributed by atoms with Crippen LogP contribution in [0.5, 0.6) is 0 Å². The molecule has 1 aromatic carbocycles. The van der Waals surface area contributed by atoms with Crippen molar-refractivity contribution in [3.63, 3.8) is 0 Å². The fourth-order valence-electron chi connectivity index (χ4n) is 2.91. The molecular formula is C16H21FN6O. The van der Waals surface area contributed by atoms with Crippen LogP contribution >= 0.6 is 0 Å². The summed E-state index contributed by atoms with van der Waals surface area (Å²) < 4.78 is 13.3. The summed E-state index contributed by atoms with van der Waals surface area (Å²) in [6.07, 6.45) is 1.49. The number of aryl methyl sites for hydroxylation is 1. The van der Waals surface area contributed by atoms with E-state index in [1.54, 1.807) is 19.1 Å². The second-order valence-corrected chi connectivity index (χ2v) is 6.08. The number of H-pyrrole nitrogens is 1. The first-order valence-corrected chi connectivity index (χ1v) is 7.98. The number of piperidine rings is 1. The van der Waals surface area contributed by atoms with Gasteiger partial charge in [-0.05, 0) is 37.0 Å². The average Bonchev–Trinajstić information content (AvgIpc) is 3.02. The summed E-state index contributed by atoms with van der Waals surface area (Å²) in [5.41, 5.74) is 6.99. The number of rotatable bonds is 4. The number of nitrogens with two attached hydrogens (primary N) is 1. The summed E-state index contributed by atoms with van der Waals surface area (Å²) in [5, 5.41) is 9.54. The van der Waals surface area contributed by atoms with Crippen LogP contribution in [0.3, 0.4) is 0 Å². The lowest BCUT2D eigenvalue weighted by molar-refractivity contribution is -0.125. The molecule has 1 aliphatic rings. The summed E-state index contributed by atoms with van der Waals surface area (Å²) in [4.78, 5) is 18.5. The quantitative estimate of drug-likeness (QED) is 0.785. The van der Waals surface area contributed by atoms with Gasteiger partial charge in [0, 0.05) is 25.6 Å². The van der Waals surface area contributed by atoms with Gasteiger partial charge in [0.25, 0.3) is 0 Å². The molecule has 0 radical (unpaired) electrons. The van der Waals surface area contributed by atoms with Crippen LogP contribution in [0.15, 0.2) is 18.2 Å². The normalized spacial score (nSPS) is 15.5. The number of nitrogens with one attached hydrogen (secondary N) is 2. The Morgan fingerprint density at radius 1 is 1.46 bits per heavy atom. The molecule has 1 amide bonds. The Hall–Kier alpha value is -2.64. The van der Waals surface area contributed by atoms with E-state index in [1.165, 1.54) is 6.07 Å². The molecule has 1 fully saturated rings. The molecule has 1 saturated heterocycles. The lowest BCUT2D eigenvalue weighted by atomic mass is 9.96. The molecule has 4 N–H and O–H groups in total. The minimum absolute atomic E-state index is 0.0249. The molecule has 8 heteroatoms. The van der Waals surface area contributed by atoms with Gasteiger partial charge in [0.05, 0.1) is 0 Å². The number of aromatic nitrogens is 3. The Labute approximate surface area is 139 Å². The largest absolute Gasteiger partial charge is 0.366 e. The van der Waals surface area contributed by atoms with Gasteiger partial charge in [-0.25, -0.2) is 9.49 Å². The van der Waals surface area contributed by atoms with E-state index >= 15 is 0 Å². The van der Waals surface area contributed by atoms with Crippen LogP contribution < -0.4 is 16.0 Å². The highest BCUT2D eigenvalue weighted by molar-refractivity contribution is 5.78. The molecule has 0 spiro atoms. The van der Waals surface area contributed by atoms with Crippen molar-refractivity contribution in [1.82, 2.24) is 20.5 Å². The van der Waals surface area contributed by atoms with Crippen molar-refractivity contribution in [3.05, 3.63) is 35.1 Å². The van der Waals surface area contributed by atoms with E-state index in [0.717, 1.165) is 31.5 Å². The molecule has 1 aromatic heterocycles. The number of hydrogen-bond donors (Lipinski definition) is 3. The first kappa shape index (κ1) is 16.2. The zero-order chi connectivity index (χ0) is 17.1. The second-order valence-electron chi connectivity index (χ2n) is 6.08. The highest BCUT2D eigenvalue weighted by Gasteiger charge is 2.26. The van der Waals surface area contributed by atoms with E-state index in [9.17, 15) is 9.18 Å². The Morgan fingerprint density at radius 3 is 2.83 bits per heavy atom. The predicted octanol–water partition coefficient (Wildman–Crippen LogP) is 1.37. The second kappa shape index (κ2) is 6.86. The Bertz CT molecular complexity index is 723. The van der Waals surface area contributed by atoms with Gasteiger partial charge in [0.15, 0.2) is 0 Å². The fraction of sp³-hybridized carbons (Fsp3) is 0.438. The van der Waals surface area contributed by atoms with Gasteiger partial charge in [-0.1, -0.05) is 12.1 Å². The standard InChI is InChI=1S/C16H21FN6O/c1-10-8-11(2-3-13(10)17)9-19-14(24)12-4-6-23(7-5-12)16-20-15(18)21-22-16/h2-3,8,12H,4-7,9H2,1H3,(H,19,24)(H3,18,20,21,22). The molecule has 0 bridgehead atoms. The molecule has 7 nitrogen and oxygen atoms in total. The van der Waals surface area contributed by atoms with Crippen molar-refractivity contribution in [2.24, 2.45) is 5.92 Å². The fourth-order valence-corrected chi connectivity index (χ4v) is 2.91. The highest BCUT2D eigenvalue weighted by atomic mass is 19.1. The molecule has 2 heterocycles. The number of nitrogens with zero attached hydrogens (tertiary/aromatic N) is 3. The summed E-state index contributed by atoms with van der Waals surface area (Å²) in [6, 6.07) is 4.88. The van der Waals surface area contributed by atoms with Gasteiger partial charge < -0.3 is 16.0 Å². The summed E-state index contributed by atoms with van der Waals surface area (Å²) in [6.45, 7) is 3.58. The van der Waals surface area contributed by atoms with Crippen molar-refractivity contribution in [2.45, 2.75) is 26.3 Å². The van der Waals surface area contributed by atoms with Crippen molar-refractivity contribution in [2.75, 3.05) is 23.7 Å². The Morgan fingerprint density at radius 2 is 2.21 bits per heavy atom. The maximum atomic E-state index is 13.3. The van der Waals surface area contributed by atoms with Gasteiger partial charge >= 0.3 is 0 Å². The van der Waals surface area contributed by atoms with E-state index < -0.39 is 0 Å². The van der Waals surface area contributed by atoms with E-state index in [1.807, 2.05) is 4.90 Å². The SMILES string of the molecule is Cc1cc(CNC(=O)C2CCN(c3nc(N)n[nH]3)CC2)ccc1F. The van der Waals surface area contributed by atoms with Crippen LogP contribution in [0.1, 0.15) is 24.0 Å². The van der Waals surface area contributed by atoms with Crippen LogP contribution in [0.2, 0.25) is 0 Å². The smallest absolute Gasteiger partial charge is 0.241 e. The van der Waals surface area contributed by atoms with E-state index in [2.05, 4.69) is 20.5 Å². The zero-order valence-electron chi connectivity index (χ0n) is 13.6. The maximum Gasteiger partial charge on any atom is 0.241 e. The molecule has 0 unspecified atom stereocenters. The number of halogens is 1. The molecule has 0 atom stereocenters. The molecule has 0 saturated carbocycles. The van der Waals surface area contributed by atoms with Gasteiger partial charge in [0.1, 0.15) is 5.82 Å². The van der Waals surface area contributed by atoms with Crippen LogP contribution in [0.25, 0.3) is 0 Å². The lowest BCUT2D eigenvalue weighted by Gasteiger charge is -2.30. The van der Waals surface area contributed by atoms with Crippen molar-refractivity contribution in [1.29, 1.82) is 0 Å². The number of carbonyl (C=O) groups excluding carboxylic acids is 1. The van der Waals surface area contributed by atoms with Crippen LogP contribution in [0, 0.1) is 18.7 Å². The molecule has 128 valence electrons. The van der Waals surface area contributed by atoms with Crippen molar-refractivity contribution < 1.29 is 9.18 Å². The third kappa shape index (κ3) is 3.64. The minimum Gasteiger partial charge on any atom is -0.366 e. The number of amides is 1. The Balaban J connectivity index is 1.49. The van der Waals surface area contributed by atoms with Gasteiger partial charge in [-0.2, -0.15) is 4.98 Å². The molecular weight excluding hydrogens is 311 g/mol. The van der Waals surface area contributed by atoms with Gasteiger partial charge in [0.2, 0.25) is 17.8 Å². The topological polar surface area (TPSA) is 99.9 Å². The average molecular weight is 332 g/mol. The predicted molar refractivity (Wildman–Crippen MR) is 88.7 cm³/mol. The molecule has 3 rings (SSSR count). The van der Waals surface area contributed by atoms with E-state index in [0.29, 0.717) is 18.1 Å². The lowest BCUT2D eigenvalue weighted by Crippen LogP contribution is -2.40. The first-order valence-electron chi connectivity index (χ1n) is 7.98. The number of anilines is 2. The number of hydrogen-bond acceptors (Lipinski definition) is 5. The molecule has 24 heavy (non-hydrogen) atoms. The van der Waals surface area contributed by atoms with E-state index in [4.69, 9.17) is 5.73 Å². The number of carbonyl (C=O) groups is 1. The molecule has 2 aromatic rings. The number of aromatic amines is 1. The summed E-state index contributed by atoms with van der Waals surface area (Å²) >= 11 is 0. The third-order valence-electron chi connectivity index (χ3n) is 4.35. The highest BCUT2D eigenvalue weighted by Crippen LogP contribution is 2.21. The third-order valence-corrected chi connectivity index (χ3v) is 4.35. The maximum absolute atomic E-state index is 13.3. The monoisotopic (exact) mass is 332 g/mol. The minimum atomic E-state index is -0.231. The molecule has 0 aliphatic carbocycles. The van der Waals surface area contributed by atoms with Crippen LogP contribution in [0.4, 0.5) is 16.3 Å². The number of benzene rings is 1. The zero-order valence-corrected chi connectivity index (χ0v) is 13.6. The van der Waals surface area contributed by atoms with E-state index in [-0.39, 0.29) is 23.6 Å². The van der Waals surface area contributed by atoms with Crippen molar-refractivity contribution >= 4 is 17.8 Å². The van der Waals surface area contributed by atoms with Gasteiger partial charge in [-0.15, -0.1) is 5.10 Å². The van der Waals surface area contributed by atoms with Crippen molar-refractivity contribution in [3.8, 4) is 0 Å². The molecule has 1 aliphatic heterocycles. The van der Waals surface area contributed by atoms with Crippen LogP contribution in [-0.4, -0.2) is 34.2 Å². The first-order chi connectivity index (χ1) is 11.5.